The van der Waals surface area contributed by atoms with Gasteiger partial charge in [-0.2, -0.15) is 4.98 Å². The monoisotopic (exact) mass is 389 g/mol. The van der Waals surface area contributed by atoms with Crippen LogP contribution in [0, 0.1) is 0 Å². The fraction of sp³-hybridized carbons (Fsp3) is 0.167. The van der Waals surface area contributed by atoms with Crippen LogP contribution >= 0.6 is 23.2 Å². The fourth-order valence-electron chi connectivity index (χ4n) is 2.24. The van der Waals surface area contributed by atoms with E-state index in [1.807, 2.05) is 19.1 Å². The number of benzene rings is 1. The molecule has 0 spiro atoms. The molecular weight excluding hydrogens is 373 g/mol. The molecule has 0 amide bonds. The van der Waals surface area contributed by atoms with Gasteiger partial charge >= 0.3 is 0 Å². The maximum atomic E-state index is 9.28. The minimum atomic E-state index is -0.193. The number of hydrogen-bond acceptors (Lipinski definition) is 6. The van der Waals surface area contributed by atoms with E-state index in [9.17, 15) is 5.11 Å². The van der Waals surface area contributed by atoms with Gasteiger partial charge in [-0.1, -0.05) is 23.2 Å². The predicted octanol–water partition coefficient (Wildman–Crippen LogP) is 4.38. The Morgan fingerprint density at radius 2 is 2.00 bits per heavy atom. The van der Waals surface area contributed by atoms with Gasteiger partial charge in [0.2, 0.25) is 5.95 Å². The number of nitrogens with one attached hydrogen (secondary N) is 2. The van der Waals surface area contributed by atoms with Crippen LogP contribution < -0.4 is 10.6 Å². The van der Waals surface area contributed by atoms with Crippen molar-refractivity contribution in [2.24, 2.45) is 0 Å². The summed E-state index contributed by atoms with van der Waals surface area (Å²) in [4.78, 5) is 13.1. The number of rotatable bonds is 6. The van der Waals surface area contributed by atoms with Crippen LogP contribution in [0.2, 0.25) is 10.0 Å². The molecule has 0 aliphatic carbocycles. The second kappa shape index (κ2) is 8.31. The molecule has 3 rings (SSSR count). The second-order valence-corrected chi connectivity index (χ2v) is 6.52. The second-order valence-electron chi connectivity index (χ2n) is 5.68. The van der Waals surface area contributed by atoms with Crippen LogP contribution in [0.1, 0.15) is 6.92 Å². The molecule has 0 saturated heterocycles. The van der Waals surface area contributed by atoms with Gasteiger partial charge in [0.1, 0.15) is 5.82 Å². The molecule has 134 valence electrons. The molecule has 3 N–H and O–H groups in total. The smallest absolute Gasteiger partial charge is 0.225 e. The van der Waals surface area contributed by atoms with Crippen LogP contribution in [0.3, 0.4) is 0 Å². The lowest BCUT2D eigenvalue weighted by atomic mass is 10.2. The number of halogens is 2. The molecule has 26 heavy (non-hydrogen) atoms. The molecule has 6 nitrogen and oxygen atoms in total. The van der Waals surface area contributed by atoms with E-state index in [0.29, 0.717) is 33.2 Å². The summed E-state index contributed by atoms with van der Waals surface area (Å²) >= 11 is 12.3. The zero-order chi connectivity index (χ0) is 18.5. The zero-order valence-electron chi connectivity index (χ0n) is 13.9. The van der Waals surface area contributed by atoms with Crippen molar-refractivity contribution in [2.45, 2.75) is 13.0 Å². The number of aliphatic hydroxyl groups is 1. The fourth-order valence-corrected chi connectivity index (χ4v) is 2.57. The summed E-state index contributed by atoms with van der Waals surface area (Å²) in [7, 11) is 0. The first-order valence-electron chi connectivity index (χ1n) is 7.94. The summed E-state index contributed by atoms with van der Waals surface area (Å²) in [5.74, 6) is 0.921. The Morgan fingerprint density at radius 3 is 2.73 bits per heavy atom. The lowest BCUT2D eigenvalue weighted by Gasteiger charge is -2.14. The van der Waals surface area contributed by atoms with Gasteiger partial charge in [-0.25, -0.2) is 4.98 Å². The van der Waals surface area contributed by atoms with E-state index in [1.54, 1.807) is 36.7 Å². The van der Waals surface area contributed by atoms with Crippen molar-refractivity contribution in [3.8, 4) is 11.3 Å². The van der Waals surface area contributed by atoms with Gasteiger partial charge in [0.15, 0.2) is 0 Å². The summed E-state index contributed by atoms with van der Waals surface area (Å²) in [6, 6.07) is 10.5. The van der Waals surface area contributed by atoms with Gasteiger partial charge in [0.25, 0.3) is 0 Å². The number of aromatic nitrogens is 3. The molecule has 0 radical (unpaired) electrons. The molecule has 3 aromatic rings. The maximum absolute atomic E-state index is 9.28. The van der Waals surface area contributed by atoms with Gasteiger partial charge in [0, 0.05) is 35.1 Å². The van der Waals surface area contributed by atoms with E-state index in [1.165, 1.54) is 0 Å². The third kappa shape index (κ3) is 4.60. The summed E-state index contributed by atoms with van der Waals surface area (Å²) in [6.07, 6.45) is 3.42. The van der Waals surface area contributed by atoms with Gasteiger partial charge in [-0.3, -0.25) is 4.98 Å². The Bertz CT molecular complexity index is 892. The van der Waals surface area contributed by atoms with Crippen molar-refractivity contribution < 1.29 is 5.11 Å². The summed E-state index contributed by atoms with van der Waals surface area (Å²) < 4.78 is 0. The van der Waals surface area contributed by atoms with Crippen molar-refractivity contribution in [2.75, 3.05) is 17.2 Å². The van der Waals surface area contributed by atoms with Gasteiger partial charge in [-0.15, -0.1) is 0 Å². The average molecular weight is 390 g/mol. The zero-order valence-corrected chi connectivity index (χ0v) is 15.5. The Balaban J connectivity index is 2.00. The highest BCUT2D eigenvalue weighted by Gasteiger charge is 2.11. The number of pyridine rings is 1. The molecule has 2 heterocycles. The van der Waals surface area contributed by atoms with E-state index in [2.05, 4.69) is 25.6 Å². The maximum Gasteiger partial charge on any atom is 0.225 e. The van der Waals surface area contributed by atoms with Crippen molar-refractivity contribution in [3.05, 3.63) is 58.8 Å². The normalized spacial score (nSPS) is 11.8. The van der Waals surface area contributed by atoms with Crippen molar-refractivity contribution in [3.63, 3.8) is 0 Å². The molecule has 2 aromatic heterocycles. The Kier molecular flexibility index (Phi) is 5.88. The third-order valence-electron chi connectivity index (χ3n) is 3.52. The number of nitrogens with zero attached hydrogens (tertiary/aromatic N) is 3. The van der Waals surface area contributed by atoms with E-state index in [-0.39, 0.29) is 12.6 Å². The predicted molar refractivity (Wildman–Crippen MR) is 105 cm³/mol. The van der Waals surface area contributed by atoms with Gasteiger partial charge < -0.3 is 15.7 Å². The SMILES string of the molecule is C[C@H](CO)Nc1nc(Nc2cc(Cl)ccc2Cl)cc(-c2cccnc2)n1. The van der Waals surface area contributed by atoms with Crippen LogP contribution in [-0.2, 0) is 0 Å². The molecule has 0 bridgehead atoms. The average Bonchev–Trinajstić information content (AvgIpc) is 2.65. The quantitative estimate of drug-likeness (QED) is 0.579. The largest absolute Gasteiger partial charge is 0.394 e. The highest BCUT2D eigenvalue weighted by Crippen LogP contribution is 2.29. The lowest BCUT2D eigenvalue weighted by Crippen LogP contribution is -2.21. The van der Waals surface area contributed by atoms with Gasteiger partial charge in [-0.05, 0) is 37.3 Å². The molecule has 0 aliphatic rings. The van der Waals surface area contributed by atoms with Crippen molar-refractivity contribution in [1.29, 1.82) is 0 Å². The molecule has 1 aromatic carbocycles. The Hall–Kier alpha value is -2.41. The Morgan fingerprint density at radius 1 is 1.15 bits per heavy atom. The van der Waals surface area contributed by atoms with Crippen LogP contribution in [0.4, 0.5) is 17.5 Å². The number of anilines is 3. The summed E-state index contributed by atoms with van der Waals surface area (Å²) in [5, 5.41) is 16.6. The minimum absolute atomic E-state index is 0.0383. The van der Waals surface area contributed by atoms with Crippen LogP contribution in [0.5, 0.6) is 0 Å². The van der Waals surface area contributed by atoms with E-state index in [4.69, 9.17) is 23.2 Å². The van der Waals surface area contributed by atoms with Crippen LogP contribution in [0.25, 0.3) is 11.3 Å². The molecular formula is C18H17Cl2N5O. The lowest BCUT2D eigenvalue weighted by molar-refractivity contribution is 0.281. The molecule has 0 fully saturated rings. The highest BCUT2D eigenvalue weighted by molar-refractivity contribution is 6.35. The molecule has 1 atom stereocenters. The third-order valence-corrected chi connectivity index (χ3v) is 4.09. The Labute approximate surface area is 161 Å². The van der Waals surface area contributed by atoms with Crippen molar-refractivity contribution >= 4 is 40.7 Å². The van der Waals surface area contributed by atoms with Crippen molar-refractivity contribution in [1.82, 2.24) is 15.0 Å². The topological polar surface area (TPSA) is 83.0 Å². The standard InChI is InChI=1S/C18H17Cl2N5O/c1-11(10-26)22-18-24-15(12-3-2-6-21-9-12)8-17(25-18)23-16-7-13(19)4-5-14(16)20/h2-9,11,26H,10H2,1H3,(H2,22,23,24,25)/t11-/m1/s1. The van der Waals surface area contributed by atoms with Crippen LogP contribution in [-0.4, -0.2) is 32.7 Å². The van der Waals surface area contributed by atoms with Crippen LogP contribution in [0.15, 0.2) is 48.8 Å². The van der Waals surface area contributed by atoms with E-state index >= 15 is 0 Å². The molecule has 0 unspecified atom stereocenters. The number of aliphatic hydroxyl groups excluding tert-OH is 1. The van der Waals surface area contributed by atoms with E-state index in [0.717, 1.165) is 5.56 Å². The van der Waals surface area contributed by atoms with E-state index < -0.39 is 0 Å². The molecule has 0 saturated carbocycles. The van der Waals surface area contributed by atoms with Gasteiger partial charge in [0.05, 0.1) is 23.0 Å². The minimum Gasteiger partial charge on any atom is -0.394 e. The first-order chi connectivity index (χ1) is 12.5. The highest BCUT2D eigenvalue weighted by atomic mass is 35.5. The molecule has 0 aliphatic heterocycles. The molecule has 8 heteroatoms. The first kappa shape index (κ1) is 18.4. The summed E-state index contributed by atoms with van der Waals surface area (Å²) in [5.41, 5.74) is 2.16. The summed E-state index contributed by atoms with van der Waals surface area (Å²) in [6.45, 7) is 1.80. The number of hydrogen-bond donors (Lipinski definition) is 3. The first-order valence-corrected chi connectivity index (χ1v) is 8.69.